The number of nitrogens with zero attached hydrogens (tertiary/aromatic N) is 1. The molecule has 1 heterocycles. The third kappa shape index (κ3) is 2.85. The van der Waals surface area contributed by atoms with E-state index in [2.05, 4.69) is 20.9 Å². The standard InChI is InChI=1S/C10H4BrF3N2.C2H6/c11-7-2-5(4-15)1-6-3-8(10(12,13)14)16-9(6)7;1-2/h1-3,16H;1-2H3. The highest BCUT2D eigenvalue weighted by Crippen LogP contribution is 2.33. The van der Waals surface area contributed by atoms with Crippen molar-refractivity contribution in [1.29, 1.82) is 5.26 Å². The van der Waals surface area contributed by atoms with Gasteiger partial charge in [0.15, 0.2) is 0 Å². The highest BCUT2D eigenvalue weighted by atomic mass is 79.9. The topological polar surface area (TPSA) is 39.6 Å². The van der Waals surface area contributed by atoms with Crippen LogP contribution in [0.4, 0.5) is 13.2 Å². The second-order valence-corrected chi connectivity index (χ2v) is 4.07. The van der Waals surface area contributed by atoms with Gasteiger partial charge in [-0.1, -0.05) is 13.8 Å². The van der Waals surface area contributed by atoms with Gasteiger partial charge in [-0.2, -0.15) is 18.4 Å². The molecule has 18 heavy (non-hydrogen) atoms. The molecule has 0 atom stereocenters. The summed E-state index contributed by atoms with van der Waals surface area (Å²) < 4.78 is 37.7. The van der Waals surface area contributed by atoms with Crippen LogP contribution in [0.5, 0.6) is 0 Å². The number of benzene rings is 1. The Morgan fingerprint density at radius 2 is 1.83 bits per heavy atom. The molecule has 2 aromatic rings. The van der Waals surface area contributed by atoms with Gasteiger partial charge in [-0.05, 0) is 34.1 Å². The minimum absolute atomic E-state index is 0.312. The molecule has 0 aliphatic heterocycles. The highest BCUT2D eigenvalue weighted by Gasteiger charge is 2.32. The number of alkyl halides is 3. The summed E-state index contributed by atoms with van der Waals surface area (Å²) in [7, 11) is 0. The fourth-order valence-corrected chi connectivity index (χ4v) is 1.99. The van der Waals surface area contributed by atoms with Gasteiger partial charge in [0, 0.05) is 9.86 Å². The number of fused-ring (bicyclic) bond motifs is 1. The number of aromatic amines is 1. The van der Waals surface area contributed by atoms with E-state index in [0.29, 0.717) is 20.9 Å². The zero-order valence-corrected chi connectivity index (χ0v) is 11.3. The first-order valence-electron chi connectivity index (χ1n) is 5.21. The number of aromatic nitrogens is 1. The van der Waals surface area contributed by atoms with Crippen molar-refractivity contribution >= 4 is 26.8 Å². The molecular weight excluding hydrogens is 309 g/mol. The summed E-state index contributed by atoms with van der Waals surface area (Å²) in [5, 5.41) is 9.04. The third-order valence-corrected chi connectivity index (χ3v) is 2.74. The molecule has 0 unspecified atom stereocenters. The Hall–Kier alpha value is -1.48. The maximum Gasteiger partial charge on any atom is 0.431 e. The zero-order chi connectivity index (χ0) is 13.9. The number of hydrogen-bond donors (Lipinski definition) is 1. The Morgan fingerprint density at radius 1 is 1.22 bits per heavy atom. The van der Waals surface area contributed by atoms with Crippen LogP contribution in [-0.2, 0) is 6.18 Å². The van der Waals surface area contributed by atoms with E-state index in [0.717, 1.165) is 6.07 Å². The van der Waals surface area contributed by atoms with Gasteiger partial charge in [-0.15, -0.1) is 0 Å². The van der Waals surface area contributed by atoms with Crippen LogP contribution >= 0.6 is 15.9 Å². The van der Waals surface area contributed by atoms with Crippen molar-refractivity contribution in [3.05, 3.63) is 33.9 Å². The number of hydrogen-bond acceptors (Lipinski definition) is 1. The monoisotopic (exact) mass is 318 g/mol. The van der Waals surface area contributed by atoms with Crippen LogP contribution in [0.3, 0.4) is 0 Å². The van der Waals surface area contributed by atoms with E-state index in [-0.39, 0.29) is 0 Å². The molecule has 1 aromatic carbocycles. The largest absolute Gasteiger partial charge is 0.431 e. The van der Waals surface area contributed by atoms with Crippen molar-refractivity contribution in [1.82, 2.24) is 4.98 Å². The van der Waals surface area contributed by atoms with E-state index in [1.54, 1.807) is 0 Å². The molecule has 0 saturated carbocycles. The van der Waals surface area contributed by atoms with Crippen LogP contribution < -0.4 is 0 Å². The third-order valence-electron chi connectivity index (χ3n) is 2.11. The van der Waals surface area contributed by atoms with E-state index in [1.165, 1.54) is 12.1 Å². The lowest BCUT2D eigenvalue weighted by Crippen LogP contribution is -2.04. The lowest BCUT2D eigenvalue weighted by atomic mass is 10.2. The second-order valence-electron chi connectivity index (χ2n) is 3.21. The van der Waals surface area contributed by atoms with E-state index in [9.17, 15) is 13.2 Å². The fraction of sp³-hybridized carbons (Fsp3) is 0.250. The number of nitriles is 1. The molecule has 0 aliphatic carbocycles. The first-order chi connectivity index (χ1) is 8.41. The van der Waals surface area contributed by atoms with Crippen LogP contribution in [0.2, 0.25) is 0 Å². The summed E-state index contributed by atoms with van der Waals surface area (Å²) in [5.41, 5.74) is -0.170. The second kappa shape index (κ2) is 5.44. The number of nitrogens with one attached hydrogen (secondary N) is 1. The normalized spacial score (nSPS) is 10.7. The lowest BCUT2D eigenvalue weighted by molar-refractivity contribution is -0.140. The summed E-state index contributed by atoms with van der Waals surface area (Å²) in [6, 6.07) is 5.75. The van der Waals surface area contributed by atoms with Gasteiger partial charge in [-0.25, -0.2) is 0 Å². The Morgan fingerprint density at radius 3 is 2.33 bits per heavy atom. The van der Waals surface area contributed by atoms with Crippen LogP contribution in [0.15, 0.2) is 22.7 Å². The molecule has 1 N–H and O–H groups in total. The number of halogens is 4. The SMILES string of the molecule is CC.N#Cc1cc(Br)c2[nH]c(C(F)(F)F)cc2c1. The minimum Gasteiger partial charge on any atom is -0.350 e. The summed E-state index contributed by atoms with van der Waals surface area (Å²) in [5.74, 6) is 0. The van der Waals surface area contributed by atoms with E-state index < -0.39 is 11.9 Å². The molecule has 6 heteroatoms. The van der Waals surface area contributed by atoms with Gasteiger partial charge in [0.25, 0.3) is 0 Å². The van der Waals surface area contributed by atoms with Gasteiger partial charge in [0.05, 0.1) is 17.1 Å². The Kier molecular flexibility index (Phi) is 4.41. The molecule has 0 fully saturated rings. The first-order valence-corrected chi connectivity index (χ1v) is 6.00. The highest BCUT2D eigenvalue weighted by molar-refractivity contribution is 9.10. The van der Waals surface area contributed by atoms with E-state index >= 15 is 0 Å². The quantitative estimate of drug-likeness (QED) is 0.741. The number of H-pyrrole nitrogens is 1. The van der Waals surface area contributed by atoms with Crippen LogP contribution in [-0.4, -0.2) is 4.98 Å². The minimum atomic E-state index is -4.41. The molecule has 1 aromatic heterocycles. The summed E-state index contributed by atoms with van der Waals surface area (Å²) in [4.78, 5) is 2.27. The van der Waals surface area contributed by atoms with Gasteiger partial charge >= 0.3 is 6.18 Å². The molecule has 0 bridgehead atoms. The van der Waals surface area contributed by atoms with Crippen LogP contribution in [0.1, 0.15) is 25.1 Å². The molecule has 0 aliphatic rings. The summed E-state index contributed by atoms with van der Waals surface area (Å²) >= 11 is 3.12. The molecule has 2 nitrogen and oxygen atoms in total. The van der Waals surface area contributed by atoms with Crippen molar-refractivity contribution < 1.29 is 13.2 Å². The summed E-state index contributed by atoms with van der Waals surface area (Å²) in [6.45, 7) is 4.00. The first kappa shape index (κ1) is 14.6. The van der Waals surface area contributed by atoms with E-state index in [1.807, 2.05) is 19.9 Å². The lowest BCUT2D eigenvalue weighted by Gasteiger charge is -2.01. The maximum atomic E-state index is 12.4. The van der Waals surface area contributed by atoms with Gasteiger partial charge in [-0.3, -0.25) is 0 Å². The van der Waals surface area contributed by atoms with E-state index in [4.69, 9.17) is 5.26 Å². The van der Waals surface area contributed by atoms with Gasteiger partial charge in [0.2, 0.25) is 0 Å². The van der Waals surface area contributed by atoms with Crippen molar-refractivity contribution in [2.24, 2.45) is 0 Å². The molecule has 2 rings (SSSR count). The fourth-order valence-electron chi connectivity index (χ4n) is 1.42. The Balaban J connectivity index is 0.000000771. The molecule has 0 radical (unpaired) electrons. The predicted molar refractivity (Wildman–Crippen MR) is 67.1 cm³/mol. The predicted octanol–water partition coefficient (Wildman–Crippen LogP) is 4.85. The smallest absolute Gasteiger partial charge is 0.350 e. The molecule has 96 valence electrons. The molecule has 0 spiro atoms. The van der Waals surface area contributed by atoms with Crippen LogP contribution in [0, 0.1) is 11.3 Å². The maximum absolute atomic E-state index is 12.4. The van der Waals surface area contributed by atoms with Gasteiger partial charge in [0.1, 0.15) is 5.69 Å². The average molecular weight is 319 g/mol. The van der Waals surface area contributed by atoms with Crippen molar-refractivity contribution in [3.8, 4) is 6.07 Å². The zero-order valence-electron chi connectivity index (χ0n) is 9.69. The Labute approximate surface area is 111 Å². The van der Waals surface area contributed by atoms with Crippen molar-refractivity contribution in [3.63, 3.8) is 0 Å². The molecular formula is C12H10BrF3N2. The van der Waals surface area contributed by atoms with Crippen molar-refractivity contribution in [2.75, 3.05) is 0 Å². The van der Waals surface area contributed by atoms with Crippen molar-refractivity contribution in [2.45, 2.75) is 20.0 Å². The van der Waals surface area contributed by atoms with Crippen LogP contribution in [0.25, 0.3) is 10.9 Å². The van der Waals surface area contributed by atoms with Gasteiger partial charge < -0.3 is 4.98 Å². The molecule has 0 amide bonds. The average Bonchev–Trinajstić information content (AvgIpc) is 2.75. The molecule has 0 saturated heterocycles. The summed E-state index contributed by atoms with van der Waals surface area (Å²) in [6.07, 6.45) is -4.41. The Bertz CT molecular complexity index is 594. The number of rotatable bonds is 0.